The van der Waals surface area contributed by atoms with Crippen molar-refractivity contribution >= 4 is 17.7 Å². The molecule has 0 aliphatic heterocycles. The van der Waals surface area contributed by atoms with E-state index < -0.39 is 12.0 Å². The molecule has 0 bridgehead atoms. The van der Waals surface area contributed by atoms with Gasteiger partial charge in [0.2, 0.25) is 0 Å². The van der Waals surface area contributed by atoms with Gasteiger partial charge in [-0.3, -0.25) is 4.79 Å². The fraction of sp³-hybridized carbons (Fsp3) is 0.250. The third-order valence-corrected chi connectivity index (χ3v) is 3.07. The van der Waals surface area contributed by atoms with Gasteiger partial charge in [0, 0.05) is 10.6 Å². The van der Waals surface area contributed by atoms with Gasteiger partial charge in [0.15, 0.2) is 0 Å². The molecule has 0 saturated carbocycles. The number of halogens is 1. The minimum absolute atomic E-state index is 0.136. The predicted octanol–water partition coefficient (Wildman–Crippen LogP) is 1.97. The number of carbonyl (C=O) groups excluding carboxylic acids is 1. The van der Waals surface area contributed by atoms with Gasteiger partial charge in [-0.2, -0.15) is 0 Å². The van der Waals surface area contributed by atoms with Crippen molar-refractivity contribution in [3.05, 3.63) is 42.7 Å². The van der Waals surface area contributed by atoms with Gasteiger partial charge < -0.3 is 10.5 Å². The number of benzene rings is 1. The molecule has 0 amide bonds. The van der Waals surface area contributed by atoms with E-state index in [0.29, 0.717) is 4.90 Å². The van der Waals surface area contributed by atoms with Crippen LogP contribution in [0.4, 0.5) is 4.39 Å². The highest BCUT2D eigenvalue weighted by Gasteiger charge is 2.15. The van der Waals surface area contributed by atoms with Gasteiger partial charge in [0.25, 0.3) is 0 Å². The zero-order valence-corrected chi connectivity index (χ0v) is 10.1. The van der Waals surface area contributed by atoms with E-state index in [1.807, 2.05) is 0 Å². The molecule has 0 saturated heterocycles. The summed E-state index contributed by atoms with van der Waals surface area (Å²) < 4.78 is 18.0. The Hall–Kier alpha value is -1.33. The number of ether oxygens (including phenoxy) is 1. The van der Waals surface area contributed by atoms with E-state index in [4.69, 9.17) is 10.5 Å². The maximum Gasteiger partial charge on any atom is 0.324 e. The Balaban J connectivity index is 2.42. The lowest BCUT2D eigenvalue weighted by Gasteiger charge is -2.10. The molecule has 1 aromatic rings. The summed E-state index contributed by atoms with van der Waals surface area (Å²) in [7, 11) is 0. The maximum absolute atomic E-state index is 13.3. The first-order valence-electron chi connectivity index (χ1n) is 5.05. The summed E-state index contributed by atoms with van der Waals surface area (Å²) >= 11 is 1.19. The Morgan fingerprint density at radius 2 is 2.29 bits per heavy atom. The van der Waals surface area contributed by atoms with Crippen molar-refractivity contribution in [2.45, 2.75) is 10.9 Å². The van der Waals surface area contributed by atoms with Crippen molar-refractivity contribution in [1.29, 1.82) is 0 Å². The third kappa shape index (κ3) is 4.58. The Kier molecular flexibility index (Phi) is 5.72. The molecule has 5 heteroatoms. The minimum Gasteiger partial charge on any atom is -0.460 e. The zero-order valence-electron chi connectivity index (χ0n) is 9.27. The van der Waals surface area contributed by atoms with Crippen LogP contribution in [-0.2, 0) is 9.53 Å². The smallest absolute Gasteiger partial charge is 0.324 e. The SMILES string of the molecule is C=CCOC(=O)C(N)CSc1ccccc1F. The number of thioether (sulfide) groups is 1. The van der Waals surface area contributed by atoms with Crippen LogP contribution >= 0.6 is 11.8 Å². The molecular formula is C12H14FNO2S. The normalized spacial score (nSPS) is 11.9. The molecule has 92 valence electrons. The molecule has 2 N–H and O–H groups in total. The number of hydrogen-bond acceptors (Lipinski definition) is 4. The highest BCUT2D eigenvalue weighted by Crippen LogP contribution is 2.21. The van der Waals surface area contributed by atoms with Gasteiger partial charge in [-0.1, -0.05) is 24.8 Å². The second kappa shape index (κ2) is 7.09. The van der Waals surface area contributed by atoms with Crippen LogP contribution in [0.3, 0.4) is 0 Å². The van der Waals surface area contributed by atoms with E-state index in [9.17, 15) is 9.18 Å². The van der Waals surface area contributed by atoms with Crippen LogP contribution < -0.4 is 5.73 Å². The van der Waals surface area contributed by atoms with Crippen LogP contribution in [-0.4, -0.2) is 24.4 Å². The average molecular weight is 255 g/mol. The molecule has 17 heavy (non-hydrogen) atoms. The molecular weight excluding hydrogens is 241 g/mol. The van der Waals surface area contributed by atoms with Crippen molar-refractivity contribution in [3.8, 4) is 0 Å². The lowest BCUT2D eigenvalue weighted by atomic mass is 10.3. The number of esters is 1. The summed E-state index contributed by atoms with van der Waals surface area (Å²) in [5.41, 5.74) is 5.60. The molecule has 0 heterocycles. The standard InChI is InChI=1S/C12H14FNO2S/c1-2-7-16-12(15)10(14)8-17-11-6-4-3-5-9(11)13/h2-6,10H,1,7-8,14H2. The number of hydrogen-bond donors (Lipinski definition) is 1. The van der Waals surface area contributed by atoms with Gasteiger partial charge in [-0.05, 0) is 12.1 Å². The molecule has 1 unspecified atom stereocenters. The second-order valence-electron chi connectivity index (χ2n) is 3.27. The fourth-order valence-corrected chi connectivity index (χ4v) is 1.93. The Morgan fingerprint density at radius 1 is 1.59 bits per heavy atom. The lowest BCUT2D eigenvalue weighted by Crippen LogP contribution is -2.34. The molecule has 1 rings (SSSR count). The topological polar surface area (TPSA) is 52.3 Å². The summed E-state index contributed by atoms with van der Waals surface area (Å²) in [6, 6.07) is 5.58. The molecule has 0 spiro atoms. The Labute approximate surface area is 104 Å². The Morgan fingerprint density at radius 3 is 2.94 bits per heavy atom. The van der Waals surface area contributed by atoms with Gasteiger partial charge in [0.1, 0.15) is 18.5 Å². The zero-order chi connectivity index (χ0) is 12.7. The van der Waals surface area contributed by atoms with Crippen molar-refractivity contribution in [1.82, 2.24) is 0 Å². The van der Waals surface area contributed by atoms with Crippen LogP contribution in [0.25, 0.3) is 0 Å². The minimum atomic E-state index is -0.764. The monoisotopic (exact) mass is 255 g/mol. The largest absolute Gasteiger partial charge is 0.460 e. The second-order valence-corrected chi connectivity index (χ2v) is 4.33. The molecule has 0 radical (unpaired) electrons. The van der Waals surface area contributed by atoms with E-state index >= 15 is 0 Å². The van der Waals surface area contributed by atoms with Gasteiger partial charge in [-0.25, -0.2) is 4.39 Å². The molecule has 0 aromatic heterocycles. The van der Waals surface area contributed by atoms with Crippen molar-refractivity contribution in [3.63, 3.8) is 0 Å². The van der Waals surface area contributed by atoms with Crippen LogP contribution in [0.2, 0.25) is 0 Å². The maximum atomic E-state index is 13.3. The highest BCUT2D eigenvalue weighted by molar-refractivity contribution is 7.99. The molecule has 0 fully saturated rings. The number of carbonyl (C=O) groups is 1. The first-order valence-corrected chi connectivity index (χ1v) is 6.04. The van der Waals surface area contributed by atoms with Gasteiger partial charge >= 0.3 is 5.97 Å². The molecule has 3 nitrogen and oxygen atoms in total. The van der Waals surface area contributed by atoms with Crippen LogP contribution in [0.15, 0.2) is 41.8 Å². The van der Waals surface area contributed by atoms with Gasteiger partial charge in [0.05, 0.1) is 0 Å². The van der Waals surface area contributed by atoms with E-state index in [1.54, 1.807) is 18.2 Å². The number of rotatable bonds is 6. The van der Waals surface area contributed by atoms with E-state index in [-0.39, 0.29) is 18.2 Å². The van der Waals surface area contributed by atoms with Crippen LogP contribution in [0.5, 0.6) is 0 Å². The summed E-state index contributed by atoms with van der Waals surface area (Å²) in [6.07, 6.45) is 1.47. The number of nitrogens with two attached hydrogens (primary N) is 1. The molecule has 1 aromatic carbocycles. The quantitative estimate of drug-likeness (QED) is 0.480. The third-order valence-electron chi connectivity index (χ3n) is 1.90. The molecule has 1 atom stereocenters. The van der Waals surface area contributed by atoms with E-state index in [0.717, 1.165) is 0 Å². The molecule has 0 aliphatic rings. The van der Waals surface area contributed by atoms with Crippen molar-refractivity contribution in [2.24, 2.45) is 5.73 Å². The first kappa shape index (κ1) is 13.7. The average Bonchev–Trinajstić information content (AvgIpc) is 2.34. The summed E-state index contributed by atoms with van der Waals surface area (Å²) in [5.74, 6) is -0.547. The predicted molar refractivity (Wildman–Crippen MR) is 66.3 cm³/mol. The summed E-state index contributed by atoms with van der Waals surface area (Å²) in [5, 5.41) is 0. The van der Waals surface area contributed by atoms with Crippen LogP contribution in [0.1, 0.15) is 0 Å². The van der Waals surface area contributed by atoms with Gasteiger partial charge in [-0.15, -0.1) is 11.8 Å². The first-order chi connectivity index (χ1) is 8.15. The fourth-order valence-electron chi connectivity index (χ4n) is 1.06. The van der Waals surface area contributed by atoms with Crippen molar-refractivity contribution < 1.29 is 13.9 Å². The van der Waals surface area contributed by atoms with E-state index in [2.05, 4.69) is 6.58 Å². The molecule has 0 aliphatic carbocycles. The summed E-state index contributed by atoms with van der Waals surface area (Å²) in [6.45, 7) is 3.56. The Bertz CT molecular complexity index is 398. The van der Waals surface area contributed by atoms with Crippen LogP contribution in [0, 0.1) is 5.82 Å². The van der Waals surface area contributed by atoms with E-state index in [1.165, 1.54) is 23.9 Å². The highest BCUT2D eigenvalue weighted by atomic mass is 32.2. The van der Waals surface area contributed by atoms with Crippen molar-refractivity contribution in [2.75, 3.05) is 12.4 Å². The lowest BCUT2D eigenvalue weighted by molar-refractivity contribution is -0.143. The summed E-state index contributed by atoms with van der Waals surface area (Å²) in [4.78, 5) is 11.8.